The number of pyridine rings is 1. The fourth-order valence-electron chi connectivity index (χ4n) is 2.06. The highest BCUT2D eigenvalue weighted by atomic mass is 16.3. The van der Waals surface area contributed by atoms with E-state index in [-0.39, 0.29) is 5.91 Å². The van der Waals surface area contributed by atoms with E-state index in [4.69, 9.17) is 4.42 Å². The van der Waals surface area contributed by atoms with Gasteiger partial charge in [-0.05, 0) is 37.6 Å². The fourth-order valence-corrected chi connectivity index (χ4v) is 2.06. The first-order chi connectivity index (χ1) is 10.2. The lowest BCUT2D eigenvalue weighted by molar-refractivity contribution is 0.0948. The predicted molar refractivity (Wildman–Crippen MR) is 82.3 cm³/mol. The third kappa shape index (κ3) is 4.34. The molecule has 2 N–H and O–H groups in total. The molecule has 2 aromatic rings. The van der Waals surface area contributed by atoms with Crippen LogP contribution in [0.25, 0.3) is 0 Å². The lowest BCUT2D eigenvalue weighted by Crippen LogP contribution is -2.23. The normalized spacial score (nSPS) is 10.4. The largest absolute Gasteiger partial charge is 0.467 e. The topological polar surface area (TPSA) is 67.2 Å². The third-order valence-corrected chi connectivity index (χ3v) is 3.01. The maximum atomic E-state index is 12.2. The smallest absolute Gasteiger partial charge is 0.251 e. The van der Waals surface area contributed by atoms with E-state index in [0.29, 0.717) is 12.1 Å². The number of carbonyl (C=O) groups excluding carboxylic acids is 1. The Hall–Kier alpha value is -2.30. The molecule has 21 heavy (non-hydrogen) atoms. The zero-order valence-electron chi connectivity index (χ0n) is 12.5. The van der Waals surface area contributed by atoms with Crippen LogP contribution in [-0.4, -0.2) is 17.4 Å². The summed E-state index contributed by atoms with van der Waals surface area (Å²) in [4.78, 5) is 16.7. The molecule has 0 bridgehead atoms. The first-order valence-corrected chi connectivity index (χ1v) is 7.28. The Balaban J connectivity index is 2.10. The Morgan fingerprint density at radius 2 is 2.19 bits per heavy atom. The first kappa shape index (κ1) is 15.1. The van der Waals surface area contributed by atoms with Gasteiger partial charge in [0.1, 0.15) is 11.6 Å². The summed E-state index contributed by atoms with van der Waals surface area (Å²) in [6, 6.07) is 7.26. The summed E-state index contributed by atoms with van der Waals surface area (Å²) in [7, 11) is 0. The fraction of sp³-hybridized carbons (Fsp3) is 0.375. The van der Waals surface area contributed by atoms with Crippen molar-refractivity contribution in [2.75, 3.05) is 11.9 Å². The molecule has 0 spiro atoms. The van der Waals surface area contributed by atoms with Crippen LogP contribution in [0.2, 0.25) is 0 Å². The average Bonchev–Trinajstić information content (AvgIpc) is 2.98. The second kappa shape index (κ2) is 7.47. The monoisotopic (exact) mass is 287 g/mol. The van der Waals surface area contributed by atoms with Crippen LogP contribution in [0, 0.1) is 0 Å². The predicted octanol–water partition coefficient (Wildman–Crippen LogP) is 2.99. The van der Waals surface area contributed by atoms with E-state index < -0.39 is 0 Å². The van der Waals surface area contributed by atoms with Gasteiger partial charge in [-0.1, -0.05) is 13.3 Å². The maximum absolute atomic E-state index is 12.2. The lowest BCUT2D eigenvalue weighted by Gasteiger charge is -2.09. The Labute approximate surface area is 124 Å². The second-order valence-corrected chi connectivity index (χ2v) is 4.77. The number of aryl methyl sites for hydroxylation is 1. The number of anilines is 1. The van der Waals surface area contributed by atoms with Crippen LogP contribution in [-0.2, 0) is 13.0 Å². The number of aromatic nitrogens is 1. The van der Waals surface area contributed by atoms with Crippen LogP contribution in [0.3, 0.4) is 0 Å². The minimum atomic E-state index is -0.120. The molecular weight excluding hydrogens is 266 g/mol. The van der Waals surface area contributed by atoms with Crippen molar-refractivity contribution < 1.29 is 9.21 Å². The van der Waals surface area contributed by atoms with Gasteiger partial charge in [-0.15, -0.1) is 0 Å². The van der Waals surface area contributed by atoms with Crippen molar-refractivity contribution in [1.29, 1.82) is 0 Å². The molecule has 0 atom stereocenters. The van der Waals surface area contributed by atoms with Gasteiger partial charge >= 0.3 is 0 Å². The summed E-state index contributed by atoms with van der Waals surface area (Å²) in [5, 5.41) is 6.01. The molecule has 5 heteroatoms. The Kier molecular flexibility index (Phi) is 5.37. The van der Waals surface area contributed by atoms with E-state index >= 15 is 0 Å². The quantitative estimate of drug-likeness (QED) is 0.821. The Bertz CT molecular complexity index is 555. The molecule has 0 aliphatic rings. The molecule has 0 fully saturated rings. The van der Waals surface area contributed by atoms with E-state index in [1.807, 2.05) is 19.1 Å². The average molecular weight is 287 g/mol. The van der Waals surface area contributed by atoms with Crippen LogP contribution in [0.4, 0.5) is 5.82 Å². The SMILES string of the molecule is CCCc1cc(C(=O)NCc2ccco2)cc(NCC)n1. The van der Waals surface area contributed by atoms with E-state index in [1.54, 1.807) is 18.4 Å². The number of carbonyl (C=O) groups is 1. The van der Waals surface area contributed by atoms with Crippen molar-refractivity contribution in [3.63, 3.8) is 0 Å². The van der Waals surface area contributed by atoms with Crippen molar-refractivity contribution in [3.05, 3.63) is 47.5 Å². The highest BCUT2D eigenvalue weighted by molar-refractivity contribution is 5.94. The van der Waals surface area contributed by atoms with Crippen LogP contribution in [0.5, 0.6) is 0 Å². The second-order valence-electron chi connectivity index (χ2n) is 4.77. The summed E-state index contributed by atoms with van der Waals surface area (Å²) in [6.45, 7) is 5.26. The molecule has 0 saturated heterocycles. The van der Waals surface area contributed by atoms with E-state index in [2.05, 4.69) is 22.5 Å². The summed E-state index contributed by atoms with van der Waals surface area (Å²) in [6.07, 6.45) is 3.45. The molecule has 0 aromatic carbocycles. The molecule has 2 heterocycles. The van der Waals surface area contributed by atoms with Crippen LogP contribution < -0.4 is 10.6 Å². The van der Waals surface area contributed by atoms with E-state index in [1.165, 1.54) is 0 Å². The molecule has 0 aliphatic heterocycles. The number of furan rings is 1. The molecule has 112 valence electrons. The van der Waals surface area contributed by atoms with Crippen molar-refractivity contribution >= 4 is 11.7 Å². The number of rotatable bonds is 7. The Morgan fingerprint density at radius 3 is 2.86 bits per heavy atom. The minimum Gasteiger partial charge on any atom is -0.467 e. The zero-order valence-corrected chi connectivity index (χ0v) is 12.5. The number of nitrogens with zero attached hydrogens (tertiary/aromatic N) is 1. The van der Waals surface area contributed by atoms with Gasteiger partial charge < -0.3 is 15.1 Å². The van der Waals surface area contributed by atoms with Crippen LogP contribution >= 0.6 is 0 Å². The zero-order chi connectivity index (χ0) is 15.1. The number of hydrogen-bond donors (Lipinski definition) is 2. The highest BCUT2D eigenvalue weighted by Crippen LogP contribution is 2.12. The molecule has 0 saturated carbocycles. The van der Waals surface area contributed by atoms with Gasteiger partial charge in [0.25, 0.3) is 5.91 Å². The van der Waals surface area contributed by atoms with E-state index in [0.717, 1.165) is 36.7 Å². The van der Waals surface area contributed by atoms with E-state index in [9.17, 15) is 4.79 Å². The first-order valence-electron chi connectivity index (χ1n) is 7.28. The molecule has 2 rings (SSSR count). The van der Waals surface area contributed by atoms with Gasteiger partial charge in [0, 0.05) is 17.8 Å². The van der Waals surface area contributed by atoms with Gasteiger partial charge in [-0.3, -0.25) is 4.79 Å². The molecule has 0 unspecified atom stereocenters. The minimum absolute atomic E-state index is 0.120. The number of nitrogens with one attached hydrogen (secondary N) is 2. The maximum Gasteiger partial charge on any atom is 0.251 e. The molecule has 0 radical (unpaired) electrons. The van der Waals surface area contributed by atoms with Crippen molar-refractivity contribution in [3.8, 4) is 0 Å². The summed E-state index contributed by atoms with van der Waals surface area (Å²) >= 11 is 0. The molecule has 2 aromatic heterocycles. The van der Waals surface area contributed by atoms with Gasteiger partial charge in [0.2, 0.25) is 0 Å². The molecule has 5 nitrogen and oxygen atoms in total. The van der Waals surface area contributed by atoms with Crippen LogP contribution in [0.15, 0.2) is 34.9 Å². The number of hydrogen-bond acceptors (Lipinski definition) is 4. The third-order valence-electron chi connectivity index (χ3n) is 3.01. The highest BCUT2D eigenvalue weighted by Gasteiger charge is 2.10. The Morgan fingerprint density at radius 1 is 1.33 bits per heavy atom. The van der Waals surface area contributed by atoms with Gasteiger partial charge in [-0.25, -0.2) is 4.98 Å². The molecular formula is C16H21N3O2. The van der Waals surface area contributed by atoms with Gasteiger partial charge in [0.05, 0.1) is 12.8 Å². The van der Waals surface area contributed by atoms with Crippen molar-refractivity contribution in [2.45, 2.75) is 33.2 Å². The summed E-state index contributed by atoms with van der Waals surface area (Å²) < 4.78 is 5.20. The molecule has 1 amide bonds. The van der Waals surface area contributed by atoms with Crippen LogP contribution in [0.1, 0.15) is 42.1 Å². The summed E-state index contributed by atoms with van der Waals surface area (Å²) in [5.41, 5.74) is 1.55. The van der Waals surface area contributed by atoms with Gasteiger partial charge in [-0.2, -0.15) is 0 Å². The van der Waals surface area contributed by atoms with Gasteiger partial charge in [0.15, 0.2) is 0 Å². The standard InChI is InChI=1S/C16H21N3O2/c1-3-6-13-9-12(10-15(19-13)17-4-2)16(20)18-11-14-7-5-8-21-14/h5,7-10H,3-4,6,11H2,1-2H3,(H,17,19)(H,18,20). The number of amides is 1. The molecule has 0 aliphatic carbocycles. The van der Waals surface area contributed by atoms with Crippen molar-refractivity contribution in [1.82, 2.24) is 10.3 Å². The summed E-state index contributed by atoms with van der Waals surface area (Å²) in [5.74, 6) is 1.36. The lowest BCUT2D eigenvalue weighted by atomic mass is 10.1. The van der Waals surface area contributed by atoms with Crippen molar-refractivity contribution in [2.24, 2.45) is 0 Å².